The van der Waals surface area contributed by atoms with E-state index in [0.717, 1.165) is 30.6 Å². The number of H-pyrrole nitrogens is 1. The van der Waals surface area contributed by atoms with Crippen LogP contribution in [0.25, 0.3) is 0 Å². The Bertz CT molecular complexity index is 1040. The van der Waals surface area contributed by atoms with Crippen molar-refractivity contribution in [1.29, 1.82) is 0 Å². The minimum atomic E-state index is -1.39. The van der Waals surface area contributed by atoms with Crippen LogP contribution in [0.1, 0.15) is 77.1 Å². The van der Waals surface area contributed by atoms with Crippen LogP contribution in [0.15, 0.2) is 36.9 Å². The number of imidazole rings is 1. The zero-order chi connectivity index (χ0) is 29.3. The lowest BCUT2D eigenvalue weighted by atomic mass is 9.79. The maximum absolute atomic E-state index is 13.3. The molecule has 2 aromatic heterocycles. The number of rotatable bonds is 14. The molecule has 40 heavy (non-hydrogen) atoms. The minimum Gasteiger partial charge on any atom is -0.465 e. The minimum absolute atomic E-state index is 0.0449. The first kappa shape index (κ1) is 31.5. The number of pyridine rings is 1. The summed E-state index contributed by atoms with van der Waals surface area (Å²) in [6.07, 6.45) is 7.80. The molecule has 3 rings (SSSR count). The van der Waals surface area contributed by atoms with E-state index in [2.05, 4.69) is 20.3 Å². The summed E-state index contributed by atoms with van der Waals surface area (Å²) >= 11 is 0. The van der Waals surface area contributed by atoms with Crippen molar-refractivity contribution in [2.45, 2.75) is 96.1 Å². The molecule has 222 valence electrons. The van der Waals surface area contributed by atoms with Crippen molar-refractivity contribution >= 4 is 12.0 Å². The van der Waals surface area contributed by atoms with E-state index in [1.54, 1.807) is 37.5 Å². The second kappa shape index (κ2) is 14.6. The van der Waals surface area contributed by atoms with E-state index in [4.69, 9.17) is 5.73 Å². The van der Waals surface area contributed by atoms with Gasteiger partial charge >= 0.3 is 6.09 Å². The third-order valence-corrected chi connectivity index (χ3v) is 8.22. The van der Waals surface area contributed by atoms with Gasteiger partial charge in [0.1, 0.15) is 5.54 Å². The molecular weight excluding hydrogens is 512 g/mol. The highest BCUT2D eigenvalue weighted by Crippen LogP contribution is 2.31. The number of amides is 2. The van der Waals surface area contributed by atoms with Gasteiger partial charge in [-0.3, -0.25) is 14.7 Å². The van der Waals surface area contributed by atoms with E-state index >= 15 is 0 Å². The molecule has 0 bridgehead atoms. The van der Waals surface area contributed by atoms with E-state index in [1.165, 1.54) is 12.7 Å². The molecule has 0 radical (unpaired) electrons. The largest absolute Gasteiger partial charge is 0.465 e. The van der Waals surface area contributed by atoms with Gasteiger partial charge in [0.05, 0.1) is 49.1 Å². The number of aromatic nitrogens is 3. The standard InChI is InChI=1S/C29H46N6O5/c1-19(2)22(25(37)17-35(28(39)40)16-21-11-7-8-12-32-21)14-24(36)23(13-20-9-5-4-6-10-20)34-27(38)29(3,30)26-15-31-18-33-26/h7-8,11-12,15,18-20,22-25,36-37H,4-6,9-10,13-14,16-17,30H2,1-3H3,(H,31,33)(H,34,38)(H,39,40)/t22-,23-,24-,25?,29-/m0/s1. The van der Waals surface area contributed by atoms with Crippen LogP contribution in [0.4, 0.5) is 4.79 Å². The molecule has 2 heterocycles. The average Bonchev–Trinajstić information content (AvgIpc) is 3.48. The summed E-state index contributed by atoms with van der Waals surface area (Å²) in [6, 6.07) is 4.70. The van der Waals surface area contributed by atoms with E-state index < -0.39 is 41.7 Å². The number of nitrogens with one attached hydrogen (secondary N) is 2. The van der Waals surface area contributed by atoms with E-state index in [-0.39, 0.29) is 25.4 Å². The van der Waals surface area contributed by atoms with E-state index in [1.807, 2.05) is 13.8 Å². The van der Waals surface area contributed by atoms with Crippen molar-refractivity contribution in [3.05, 3.63) is 48.3 Å². The van der Waals surface area contributed by atoms with Gasteiger partial charge in [0, 0.05) is 12.4 Å². The highest BCUT2D eigenvalue weighted by Gasteiger charge is 2.38. The normalized spacial score (nSPS) is 18.9. The number of aliphatic hydroxyl groups excluding tert-OH is 2. The van der Waals surface area contributed by atoms with Crippen molar-refractivity contribution < 1.29 is 24.9 Å². The number of aromatic amines is 1. The van der Waals surface area contributed by atoms with Gasteiger partial charge in [0.15, 0.2) is 0 Å². The lowest BCUT2D eigenvalue weighted by Crippen LogP contribution is -2.55. The van der Waals surface area contributed by atoms with Gasteiger partial charge in [0.2, 0.25) is 5.91 Å². The maximum atomic E-state index is 13.3. The van der Waals surface area contributed by atoms with Crippen molar-refractivity contribution in [2.75, 3.05) is 6.54 Å². The number of hydrogen-bond donors (Lipinski definition) is 6. The van der Waals surface area contributed by atoms with Crippen molar-refractivity contribution in [2.24, 2.45) is 23.5 Å². The molecule has 11 nitrogen and oxygen atoms in total. The van der Waals surface area contributed by atoms with Gasteiger partial charge in [-0.2, -0.15) is 0 Å². The van der Waals surface area contributed by atoms with E-state index in [9.17, 15) is 24.9 Å². The molecule has 5 atom stereocenters. The predicted octanol–water partition coefficient (Wildman–Crippen LogP) is 3.00. The summed E-state index contributed by atoms with van der Waals surface area (Å²) in [4.78, 5) is 37.6. The molecule has 0 aliphatic heterocycles. The van der Waals surface area contributed by atoms with Crippen LogP contribution in [-0.4, -0.2) is 72.0 Å². The predicted molar refractivity (Wildman–Crippen MR) is 151 cm³/mol. The Labute approximate surface area is 236 Å². The monoisotopic (exact) mass is 558 g/mol. The number of carbonyl (C=O) groups excluding carboxylic acids is 1. The summed E-state index contributed by atoms with van der Waals surface area (Å²) in [5, 5.41) is 35.5. The summed E-state index contributed by atoms with van der Waals surface area (Å²) < 4.78 is 0. The zero-order valence-corrected chi connectivity index (χ0v) is 23.9. The van der Waals surface area contributed by atoms with Crippen molar-refractivity contribution in [3.8, 4) is 0 Å². The van der Waals surface area contributed by atoms with Crippen LogP contribution in [0.5, 0.6) is 0 Å². The topological polar surface area (TPSA) is 178 Å². The quantitative estimate of drug-likeness (QED) is 0.205. The van der Waals surface area contributed by atoms with Crippen LogP contribution >= 0.6 is 0 Å². The second-order valence-electron chi connectivity index (χ2n) is 11.7. The SMILES string of the molecule is CC(C)[C@H](C[C@H](O)[C@H](CC1CCCCC1)NC(=O)[C@@](C)(N)c1c[nH]cn1)C(O)CN(Cc1ccccn1)C(=O)O. The highest BCUT2D eigenvalue weighted by molar-refractivity contribution is 5.86. The summed E-state index contributed by atoms with van der Waals surface area (Å²) in [6.45, 7) is 5.39. The molecule has 2 aromatic rings. The Morgan fingerprint density at radius 3 is 2.48 bits per heavy atom. The molecule has 1 aliphatic carbocycles. The fraction of sp³-hybridized carbons (Fsp3) is 0.655. The van der Waals surface area contributed by atoms with Crippen LogP contribution in [0, 0.1) is 17.8 Å². The first-order chi connectivity index (χ1) is 19.0. The summed E-state index contributed by atoms with van der Waals surface area (Å²) in [5.74, 6) is -0.535. The van der Waals surface area contributed by atoms with Crippen molar-refractivity contribution in [3.63, 3.8) is 0 Å². The van der Waals surface area contributed by atoms with Crippen molar-refractivity contribution in [1.82, 2.24) is 25.2 Å². The molecule has 1 aliphatic rings. The lowest BCUT2D eigenvalue weighted by Gasteiger charge is -2.36. The Morgan fingerprint density at radius 1 is 1.18 bits per heavy atom. The number of aliphatic hydroxyl groups is 2. The van der Waals surface area contributed by atoms with Gasteiger partial charge in [-0.1, -0.05) is 52.0 Å². The molecule has 1 saturated carbocycles. The summed E-state index contributed by atoms with van der Waals surface area (Å²) in [5.41, 5.74) is 5.95. The van der Waals surface area contributed by atoms with Crippen LogP contribution in [0.3, 0.4) is 0 Å². The number of carbonyl (C=O) groups is 2. The Kier molecular flexibility index (Phi) is 11.5. The molecule has 1 unspecified atom stereocenters. The van der Waals surface area contributed by atoms with Gasteiger partial charge < -0.3 is 31.4 Å². The van der Waals surface area contributed by atoms with Gasteiger partial charge in [-0.25, -0.2) is 9.78 Å². The molecular formula is C29H46N6O5. The molecule has 0 aromatic carbocycles. The number of nitrogens with two attached hydrogens (primary N) is 1. The second-order valence-corrected chi connectivity index (χ2v) is 11.7. The Hall–Kier alpha value is -3.02. The fourth-order valence-corrected chi connectivity index (χ4v) is 5.65. The number of hydrogen-bond acceptors (Lipinski definition) is 7. The molecule has 1 fully saturated rings. The zero-order valence-electron chi connectivity index (χ0n) is 23.9. The van der Waals surface area contributed by atoms with Crippen LogP contribution in [-0.2, 0) is 16.9 Å². The maximum Gasteiger partial charge on any atom is 0.407 e. The third-order valence-electron chi connectivity index (χ3n) is 8.22. The first-order valence-corrected chi connectivity index (χ1v) is 14.3. The van der Waals surface area contributed by atoms with Gasteiger partial charge in [0.25, 0.3) is 0 Å². The Morgan fingerprint density at radius 2 is 1.90 bits per heavy atom. The number of nitrogens with zero attached hydrogens (tertiary/aromatic N) is 3. The van der Waals surface area contributed by atoms with E-state index in [0.29, 0.717) is 23.7 Å². The molecule has 0 spiro atoms. The lowest BCUT2D eigenvalue weighted by molar-refractivity contribution is -0.128. The highest BCUT2D eigenvalue weighted by atomic mass is 16.4. The summed E-state index contributed by atoms with van der Waals surface area (Å²) in [7, 11) is 0. The Balaban J connectivity index is 1.74. The molecule has 2 amide bonds. The molecule has 0 saturated heterocycles. The fourth-order valence-electron chi connectivity index (χ4n) is 5.65. The van der Waals surface area contributed by atoms with Crippen LogP contribution in [0.2, 0.25) is 0 Å². The number of carboxylic acid groups (broad SMARTS) is 1. The first-order valence-electron chi connectivity index (χ1n) is 14.3. The smallest absolute Gasteiger partial charge is 0.407 e. The van der Waals surface area contributed by atoms with Gasteiger partial charge in [-0.05, 0) is 49.7 Å². The molecule has 7 N–H and O–H groups in total. The van der Waals surface area contributed by atoms with Gasteiger partial charge in [-0.15, -0.1) is 0 Å². The van der Waals surface area contributed by atoms with Crippen LogP contribution < -0.4 is 11.1 Å². The average molecular weight is 559 g/mol. The third kappa shape index (κ3) is 8.74. The molecule has 11 heteroatoms.